The molecule has 0 saturated carbocycles. The van der Waals surface area contributed by atoms with Crippen LogP contribution < -0.4 is 5.32 Å². The Hall–Kier alpha value is -1.85. The first kappa shape index (κ1) is 14.1. The number of anilines is 1. The van der Waals surface area contributed by atoms with E-state index in [-0.39, 0.29) is 17.7 Å². The van der Waals surface area contributed by atoms with E-state index in [9.17, 15) is 9.50 Å². The van der Waals surface area contributed by atoms with Crippen molar-refractivity contribution < 1.29 is 9.50 Å². The molecule has 1 atom stereocenters. The van der Waals surface area contributed by atoms with Crippen LogP contribution in [0.4, 0.5) is 10.2 Å². The zero-order valence-electron chi connectivity index (χ0n) is 11.7. The lowest BCUT2D eigenvalue weighted by Crippen LogP contribution is -2.23. The minimum atomic E-state index is -0.450. The molecule has 2 N–H and O–H groups in total. The van der Waals surface area contributed by atoms with E-state index in [1.807, 2.05) is 13.8 Å². The predicted molar refractivity (Wildman–Crippen MR) is 79.7 cm³/mol. The lowest BCUT2D eigenvalue weighted by Gasteiger charge is -2.28. The number of nitrogens with zero attached hydrogens (tertiary/aromatic N) is 2. The molecule has 1 aliphatic heterocycles. The zero-order valence-corrected chi connectivity index (χ0v) is 12.4. The molecule has 110 valence electrons. The summed E-state index contributed by atoms with van der Waals surface area (Å²) in [6.07, 6.45) is 0. The Kier molecular flexibility index (Phi) is 3.47. The third kappa shape index (κ3) is 2.32. The largest absolute Gasteiger partial charge is 0.390 e. The molecule has 0 spiro atoms. The molecule has 2 aromatic rings. The number of hydrogen-bond donors (Lipinski definition) is 2. The van der Waals surface area contributed by atoms with E-state index in [1.165, 1.54) is 6.07 Å². The van der Waals surface area contributed by atoms with Gasteiger partial charge in [-0.1, -0.05) is 17.7 Å². The number of aromatic nitrogens is 2. The zero-order chi connectivity index (χ0) is 15.1. The average molecular weight is 308 g/mol. The maximum absolute atomic E-state index is 13.8. The summed E-state index contributed by atoms with van der Waals surface area (Å²) >= 11 is 5.76. The summed E-state index contributed by atoms with van der Waals surface area (Å²) in [6.45, 7) is 3.80. The van der Waals surface area contributed by atoms with Crippen molar-refractivity contribution in [2.75, 3.05) is 5.32 Å². The van der Waals surface area contributed by atoms with E-state index in [2.05, 4.69) is 10.4 Å². The molecule has 1 aliphatic rings. The molecule has 0 aliphatic carbocycles. The smallest absolute Gasteiger partial charge is 0.142 e. The van der Waals surface area contributed by atoms with Gasteiger partial charge in [0.1, 0.15) is 17.7 Å². The summed E-state index contributed by atoms with van der Waals surface area (Å²) < 4.78 is 15.5. The number of nitrogens with one attached hydrogen (secondary N) is 1. The molecule has 1 aromatic heterocycles. The molecule has 1 unspecified atom stereocenters. The number of aliphatic hydroxyl groups excluding tert-OH is 1. The molecular weight excluding hydrogens is 293 g/mol. The summed E-state index contributed by atoms with van der Waals surface area (Å²) in [4.78, 5) is 0. The fourth-order valence-electron chi connectivity index (χ4n) is 2.57. The van der Waals surface area contributed by atoms with Crippen molar-refractivity contribution >= 4 is 17.4 Å². The monoisotopic (exact) mass is 307 g/mol. The van der Waals surface area contributed by atoms with Gasteiger partial charge in [-0.15, -0.1) is 0 Å². The Balaban J connectivity index is 2.15. The van der Waals surface area contributed by atoms with Crippen LogP contribution in [0.3, 0.4) is 0 Å². The first-order chi connectivity index (χ1) is 10.0. The van der Waals surface area contributed by atoms with Crippen molar-refractivity contribution in [2.45, 2.75) is 26.5 Å². The van der Waals surface area contributed by atoms with Crippen molar-refractivity contribution in [1.82, 2.24) is 9.78 Å². The maximum Gasteiger partial charge on any atom is 0.142 e. The van der Waals surface area contributed by atoms with Crippen LogP contribution in [-0.4, -0.2) is 14.9 Å². The number of hydrogen-bond acceptors (Lipinski definition) is 3. The van der Waals surface area contributed by atoms with Gasteiger partial charge in [-0.25, -0.2) is 9.07 Å². The van der Waals surface area contributed by atoms with Crippen molar-refractivity contribution in [2.24, 2.45) is 0 Å². The summed E-state index contributed by atoms with van der Waals surface area (Å²) in [5.74, 6) is 0.330. The van der Waals surface area contributed by atoms with Crippen LogP contribution in [-0.2, 0) is 6.61 Å². The van der Waals surface area contributed by atoms with Gasteiger partial charge in [0.05, 0.1) is 17.3 Å². The Bertz CT molecular complexity index is 739. The number of halogens is 2. The Morgan fingerprint density at radius 3 is 2.81 bits per heavy atom. The highest BCUT2D eigenvalue weighted by Gasteiger charge is 2.27. The van der Waals surface area contributed by atoms with E-state index < -0.39 is 5.82 Å². The van der Waals surface area contributed by atoms with E-state index in [0.717, 1.165) is 22.7 Å². The third-order valence-electron chi connectivity index (χ3n) is 3.77. The summed E-state index contributed by atoms with van der Waals surface area (Å²) in [7, 11) is 0. The van der Waals surface area contributed by atoms with Crippen LogP contribution in [0.5, 0.6) is 0 Å². The van der Waals surface area contributed by atoms with Crippen LogP contribution in [0.15, 0.2) is 35.5 Å². The van der Waals surface area contributed by atoms with Gasteiger partial charge in [0.2, 0.25) is 0 Å². The average Bonchev–Trinajstić information content (AvgIpc) is 2.86. The quantitative estimate of drug-likeness (QED) is 0.893. The number of allylic oxidation sites excluding steroid dienone is 2. The van der Waals surface area contributed by atoms with Crippen molar-refractivity contribution in [3.63, 3.8) is 0 Å². The maximum atomic E-state index is 13.8. The van der Waals surface area contributed by atoms with E-state index in [0.29, 0.717) is 5.69 Å². The molecule has 1 aromatic carbocycles. The number of benzene rings is 1. The van der Waals surface area contributed by atoms with Gasteiger partial charge in [-0.2, -0.15) is 5.10 Å². The summed E-state index contributed by atoms with van der Waals surface area (Å²) in [5.41, 5.74) is 3.37. The molecular formula is C15H15ClFN3O. The SMILES string of the molecule is CC1=C(C)C(c2ccc(Cl)c(F)c2)n2nc(CO)cc2N1. The van der Waals surface area contributed by atoms with E-state index in [1.54, 1.807) is 22.9 Å². The molecule has 2 heterocycles. The number of aliphatic hydroxyl groups is 1. The van der Waals surface area contributed by atoms with Gasteiger partial charge in [-0.05, 0) is 37.1 Å². The molecule has 3 rings (SSSR count). The molecule has 0 bridgehead atoms. The van der Waals surface area contributed by atoms with Gasteiger partial charge in [0, 0.05) is 11.8 Å². The fraction of sp³-hybridized carbons (Fsp3) is 0.267. The number of fused-ring (bicyclic) bond motifs is 1. The fourth-order valence-corrected chi connectivity index (χ4v) is 2.68. The van der Waals surface area contributed by atoms with Crippen molar-refractivity contribution in [3.8, 4) is 0 Å². The second-order valence-electron chi connectivity index (χ2n) is 5.13. The van der Waals surface area contributed by atoms with E-state index in [4.69, 9.17) is 11.6 Å². The van der Waals surface area contributed by atoms with Gasteiger partial charge in [-0.3, -0.25) is 0 Å². The van der Waals surface area contributed by atoms with Crippen molar-refractivity contribution in [1.29, 1.82) is 0 Å². The normalized spacial score (nSPS) is 17.7. The molecule has 0 radical (unpaired) electrons. The topological polar surface area (TPSA) is 50.1 Å². The molecule has 4 nitrogen and oxygen atoms in total. The molecule has 0 fully saturated rings. The second kappa shape index (κ2) is 5.16. The molecule has 6 heteroatoms. The summed E-state index contributed by atoms with van der Waals surface area (Å²) in [5, 5.41) is 17.0. The van der Waals surface area contributed by atoms with Gasteiger partial charge in [0.25, 0.3) is 0 Å². The minimum Gasteiger partial charge on any atom is -0.390 e. The number of rotatable bonds is 2. The highest BCUT2D eigenvalue weighted by Crippen LogP contribution is 2.36. The Morgan fingerprint density at radius 2 is 2.14 bits per heavy atom. The first-order valence-corrected chi connectivity index (χ1v) is 6.97. The predicted octanol–water partition coefficient (Wildman–Crippen LogP) is 3.48. The summed E-state index contributed by atoms with van der Waals surface area (Å²) in [6, 6.07) is 6.34. The highest BCUT2D eigenvalue weighted by molar-refractivity contribution is 6.30. The van der Waals surface area contributed by atoms with Gasteiger partial charge < -0.3 is 10.4 Å². The second-order valence-corrected chi connectivity index (χ2v) is 5.54. The van der Waals surface area contributed by atoms with Crippen LogP contribution in [0.2, 0.25) is 5.02 Å². The molecule has 0 amide bonds. The lowest BCUT2D eigenvalue weighted by molar-refractivity contribution is 0.275. The Labute approximate surface area is 126 Å². The first-order valence-electron chi connectivity index (χ1n) is 6.60. The van der Waals surface area contributed by atoms with Gasteiger partial charge in [0.15, 0.2) is 0 Å². The third-order valence-corrected chi connectivity index (χ3v) is 4.08. The van der Waals surface area contributed by atoms with Crippen LogP contribution in [0.25, 0.3) is 0 Å². The Morgan fingerprint density at radius 1 is 1.38 bits per heavy atom. The lowest BCUT2D eigenvalue weighted by atomic mass is 9.97. The molecule has 21 heavy (non-hydrogen) atoms. The van der Waals surface area contributed by atoms with Crippen LogP contribution >= 0.6 is 11.6 Å². The molecule has 0 saturated heterocycles. The van der Waals surface area contributed by atoms with E-state index >= 15 is 0 Å². The minimum absolute atomic E-state index is 0.0998. The van der Waals surface area contributed by atoms with Gasteiger partial charge >= 0.3 is 0 Å². The van der Waals surface area contributed by atoms with Crippen LogP contribution in [0, 0.1) is 5.82 Å². The van der Waals surface area contributed by atoms with Crippen LogP contribution in [0.1, 0.15) is 31.1 Å². The standard InChI is InChI=1S/C15H15ClFN3O/c1-8-9(2)18-14-6-11(7-21)19-20(14)15(8)10-3-4-12(16)13(17)5-10/h3-6,15,18,21H,7H2,1-2H3. The van der Waals surface area contributed by atoms with Crippen molar-refractivity contribution in [3.05, 3.63) is 57.6 Å². The highest BCUT2D eigenvalue weighted by atomic mass is 35.5.